The third-order valence-electron chi connectivity index (χ3n) is 7.68. The molecule has 0 fully saturated rings. The molecule has 0 saturated heterocycles. The smallest absolute Gasteiger partial charge is 0.336 e. The van der Waals surface area contributed by atoms with Crippen LogP contribution in [0.25, 0.3) is 32.3 Å². The van der Waals surface area contributed by atoms with Gasteiger partial charge < -0.3 is 29.2 Å². The molecule has 0 spiro atoms. The molecule has 0 unspecified atom stereocenters. The van der Waals surface area contributed by atoms with Gasteiger partial charge in [0.15, 0.2) is 23.0 Å². The lowest BCUT2D eigenvalue weighted by Crippen LogP contribution is -2.08. The van der Waals surface area contributed by atoms with Gasteiger partial charge in [-0.1, -0.05) is 53.4 Å². The lowest BCUT2D eigenvalue weighted by molar-refractivity contribution is 0.0652. The van der Waals surface area contributed by atoms with Crippen LogP contribution in [0.2, 0.25) is 0 Å². The summed E-state index contributed by atoms with van der Waals surface area (Å²) in [6.07, 6.45) is 7.42. The molecule has 0 aromatic heterocycles. The molecule has 8 heteroatoms. The summed E-state index contributed by atoms with van der Waals surface area (Å²) in [4.78, 5) is 24.5. The van der Waals surface area contributed by atoms with Crippen molar-refractivity contribution in [1.29, 1.82) is 0 Å². The highest BCUT2D eigenvalue weighted by molar-refractivity contribution is 6.28. The normalized spacial score (nSPS) is 11.3. The van der Waals surface area contributed by atoms with E-state index in [1.165, 1.54) is 12.1 Å². The number of rotatable bonds is 18. The van der Waals surface area contributed by atoms with Gasteiger partial charge in [-0.05, 0) is 94.4 Å². The molecule has 2 N–H and O–H groups in total. The molecule has 236 valence electrons. The van der Waals surface area contributed by atoms with Gasteiger partial charge in [-0.15, -0.1) is 0 Å². The minimum absolute atomic E-state index is 0.277. The Bertz CT molecular complexity index is 1500. The molecule has 44 heavy (non-hydrogen) atoms. The van der Waals surface area contributed by atoms with Crippen LogP contribution in [0.5, 0.6) is 23.0 Å². The van der Waals surface area contributed by atoms with E-state index < -0.39 is 11.9 Å². The summed E-state index contributed by atoms with van der Waals surface area (Å²) >= 11 is 0. The van der Waals surface area contributed by atoms with Crippen LogP contribution in [0.15, 0.2) is 36.4 Å². The van der Waals surface area contributed by atoms with E-state index in [4.69, 9.17) is 18.9 Å². The van der Waals surface area contributed by atoms with E-state index in [0.717, 1.165) is 72.9 Å². The molecule has 0 amide bonds. The molecular weight excluding hydrogens is 560 g/mol. The number of fused-ring (bicyclic) bond motifs is 6. The van der Waals surface area contributed by atoms with E-state index in [-0.39, 0.29) is 11.1 Å². The lowest BCUT2D eigenvalue weighted by atomic mass is 9.90. The number of aromatic carboxylic acids is 2. The second kappa shape index (κ2) is 15.5. The number of carboxylic acids is 2. The topological polar surface area (TPSA) is 112 Å². The molecule has 4 rings (SSSR count). The van der Waals surface area contributed by atoms with Gasteiger partial charge in [0, 0.05) is 0 Å². The van der Waals surface area contributed by atoms with Crippen molar-refractivity contribution in [2.75, 3.05) is 26.4 Å². The zero-order chi connectivity index (χ0) is 31.6. The SMILES string of the molecule is CCCCOc1cc2c3cc(OCCCC)c(OCCCC)cc3c3cc(C(=O)O)c(C(=O)O)cc3c2cc1OCCCC. The van der Waals surface area contributed by atoms with Gasteiger partial charge in [0.2, 0.25) is 0 Å². The highest BCUT2D eigenvalue weighted by atomic mass is 16.5. The number of carboxylic acid groups (broad SMARTS) is 2. The molecule has 0 bridgehead atoms. The first-order chi connectivity index (χ1) is 21.3. The van der Waals surface area contributed by atoms with Gasteiger partial charge >= 0.3 is 11.9 Å². The number of hydrogen-bond acceptors (Lipinski definition) is 6. The van der Waals surface area contributed by atoms with Crippen molar-refractivity contribution < 1.29 is 38.7 Å². The third kappa shape index (κ3) is 7.29. The summed E-state index contributed by atoms with van der Waals surface area (Å²) < 4.78 is 24.9. The fraction of sp³-hybridized carbons (Fsp3) is 0.444. The third-order valence-corrected chi connectivity index (χ3v) is 7.68. The fourth-order valence-electron chi connectivity index (χ4n) is 5.17. The Labute approximate surface area is 258 Å². The van der Waals surface area contributed by atoms with E-state index in [9.17, 15) is 19.8 Å². The lowest BCUT2D eigenvalue weighted by Gasteiger charge is -2.19. The maximum atomic E-state index is 12.2. The van der Waals surface area contributed by atoms with Crippen LogP contribution in [0, 0.1) is 0 Å². The largest absolute Gasteiger partial charge is 0.490 e. The van der Waals surface area contributed by atoms with E-state index in [2.05, 4.69) is 27.7 Å². The number of benzene rings is 4. The summed E-state index contributed by atoms with van der Waals surface area (Å²) in [7, 11) is 0. The average Bonchev–Trinajstić information content (AvgIpc) is 3.01. The Balaban J connectivity index is 2.11. The van der Waals surface area contributed by atoms with Crippen LogP contribution in [0.3, 0.4) is 0 Å². The van der Waals surface area contributed by atoms with Crippen LogP contribution >= 0.6 is 0 Å². The maximum absolute atomic E-state index is 12.2. The molecule has 4 aromatic rings. The van der Waals surface area contributed by atoms with E-state index in [0.29, 0.717) is 60.2 Å². The quantitative estimate of drug-likeness (QED) is 0.0854. The molecule has 0 atom stereocenters. The second-order valence-corrected chi connectivity index (χ2v) is 11.1. The van der Waals surface area contributed by atoms with Crippen molar-refractivity contribution in [2.24, 2.45) is 0 Å². The van der Waals surface area contributed by atoms with Crippen LogP contribution < -0.4 is 18.9 Å². The van der Waals surface area contributed by atoms with Crippen molar-refractivity contribution in [1.82, 2.24) is 0 Å². The standard InChI is InChI=1S/C36H44O8/c1-5-9-13-41-31-19-25-23-17-29(35(37)38)30(36(39)40)18-24(23)26-20-32(42-14-10-6-2)34(44-16-12-8-4)22-28(26)27(25)21-33(31)43-15-11-7-3/h17-22H,5-16H2,1-4H3,(H,37,38)(H,39,40). The molecule has 0 aliphatic rings. The number of unbranched alkanes of at least 4 members (excludes halogenated alkanes) is 4. The fourth-order valence-corrected chi connectivity index (χ4v) is 5.17. The first-order valence-electron chi connectivity index (χ1n) is 15.9. The predicted octanol–water partition coefficient (Wildman–Crippen LogP) is 9.26. The minimum atomic E-state index is -1.31. The van der Waals surface area contributed by atoms with Crippen LogP contribution in [0.4, 0.5) is 0 Å². The highest BCUT2D eigenvalue weighted by Crippen LogP contribution is 2.45. The Morgan fingerprint density at radius 1 is 0.455 bits per heavy atom. The Morgan fingerprint density at radius 2 is 0.682 bits per heavy atom. The minimum Gasteiger partial charge on any atom is -0.490 e. The molecule has 0 heterocycles. The highest BCUT2D eigenvalue weighted by Gasteiger charge is 2.23. The first-order valence-corrected chi connectivity index (χ1v) is 15.9. The molecule has 4 aromatic carbocycles. The Morgan fingerprint density at radius 3 is 0.886 bits per heavy atom. The van der Waals surface area contributed by atoms with Crippen molar-refractivity contribution in [3.8, 4) is 23.0 Å². The summed E-state index contributed by atoms with van der Waals surface area (Å²) in [5.41, 5.74) is -0.553. The van der Waals surface area contributed by atoms with E-state index >= 15 is 0 Å². The maximum Gasteiger partial charge on any atom is 0.336 e. The van der Waals surface area contributed by atoms with Gasteiger partial charge in [-0.2, -0.15) is 0 Å². The molecule has 0 aliphatic heterocycles. The van der Waals surface area contributed by atoms with Gasteiger partial charge in [0.05, 0.1) is 37.6 Å². The van der Waals surface area contributed by atoms with Crippen molar-refractivity contribution in [3.05, 3.63) is 47.5 Å². The Hall–Kier alpha value is -4.20. The van der Waals surface area contributed by atoms with Gasteiger partial charge in [-0.3, -0.25) is 0 Å². The summed E-state index contributed by atoms with van der Waals surface area (Å²) in [5.74, 6) is -0.249. The number of hydrogen-bond donors (Lipinski definition) is 2. The molecule has 0 saturated carbocycles. The van der Waals surface area contributed by atoms with Gasteiger partial charge in [0.25, 0.3) is 0 Å². The zero-order valence-electron chi connectivity index (χ0n) is 26.3. The summed E-state index contributed by atoms with van der Waals surface area (Å²) in [6, 6.07) is 10.6. The average molecular weight is 605 g/mol. The monoisotopic (exact) mass is 604 g/mol. The van der Waals surface area contributed by atoms with Crippen molar-refractivity contribution >= 4 is 44.3 Å². The van der Waals surface area contributed by atoms with Crippen LogP contribution in [-0.2, 0) is 0 Å². The van der Waals surface area contributed by atoms with Crippen molar-refractivity contribution in [2.45, 2.75) is 79.1 Å². The van der Waals surface area contributed by atoms with Gasteiger partial charge in [-0.25, -0.2) is 9.59 Å². The molecule has 0 aliphatic carbocycles. The summed E-state index contributed by atoms with van der Waals surface area (Å²) in [6.45, 7) is 10.5. The second-order valence-electron chi connectivity index (χ2n) is 11.1. The Kier molecular flexibility index (Phi) is 11.5. The summed E-state index contributed by atoms with van der Waals surface area (Å²) in [5, 5.41) is 24.3. The predicted molar refractivity (Wildman–Crippen MR) is 174 cm³/mol. The van der Waals surface area contributed by atoms with E-state index in [1.54, 1.807) is 0 Å². The van der Waals surface area contributed by atoms with Gasteiger partial charge in [0.1, 0.15) is 0 Å². The number of carbonyl (C=O) groups is 2. The van der Waals surface area contributed by atoms with Crippen LogP contribution in [-0.4, -0.2) is 48.6 Å². The van der Waals surface area contributed by atoms with Crippen molar-refractivity contribution in [3.63, 3.8) is 0 Å². The van der Waals surface area contributed by atoms with E-state index in [1.807, 2.05) is 24.3 Å². The zero-order valence-corrected chi connectivity index (χ0v) is 26.3. The van der Waals surface area contributed by atoms with Crippen LogP contribution in [0.1, 0.15) is 99.8 Å². The first kappa shape index (κ1) is 32.7. The molecular formula is C36H44O8. The molecule has 0 radical (unpaired) electrons. The number of ether oxygens (including phenoxy) is 4. The molecule has 8 nitrogen and oxygen atoms in total.